The Morgan fingerprint density at radius 2 is 2.05 bits per heavy atom. The van der Waals surface area contributed by atoms with Gasteiger partial charge in [0.2, 0.25) is 0 Å². The minimum absolute atomic E-state index is 0.242. The standard InChI is InChI=1S/C13H23N5O3S/c1-4-17(5-2)22(19,20)18-8-9-21-11(10-18)12-13(14-3)16-7-6-15-12/h6-7,11H,4-5,8-10H2,1-3H3,(H,14,16). The number of nitrogens with zero attached hydrogens (tertiary/aromatic N) is 4. The summed E-state index contributed by atoms with van der Waals surface area (Å²) in [5, 5.41) is 2.96. The van der Waals surface area contributed by atoms with E-state index in [1.165, 1.54) is 8.61 Å². The molecule has 1 aliphatic heterocycles. The van der Waals surface area contributed by atoms with E-state index >= 15 is 0 Å². The number of anilines is 1. The Labute approximate surface area is 131 Å². The van der Waals surface area contributed by atoms with Crippen molar-refractivity contribution in [2.75, 3.05) is 45.2 Å². The Bertz CT molecular complexity index is 591. The first-order chi connectivity index (χ1) is 10.5. The summed E-state index contributed by atoms with van der Waals surface area (Å²) in [6, 6.07) is 0. The highest BCUT2D eigenvalue weighted by Gasteiger charge is 2.34. The van der Waals surface area contributed by atoms with E-state index in [4.69, 9.17) is 4.74 Å². The van der Waals surface area contributed by atoms with E-state index < -0.39 is 16.3 Å². The molecule has 1 aromatic rings. The minimum atomic E-state index is -3.47. The van der Waals surface area contributed by atoms with Gasteiger partial charge in [0.05, 0.1) is 6.61 Å². The van der Waals surface area contributed by atoms with Crippen LogP contribution in [0.3, 0.4) is 0 Å². The van der Waals surface area contributed by atoms with Crippen LogP contribution in [-0.4, -0.2) is 66.8 Å². The number of ether oxygens (including phenoxy) is 1. The molecule has 1 fully saturated rings. The lowest BCUT2D eigenvalue weighted by atomic mass is 10.2. The SMILES string of the molecule is CCN(CC)S(=O)(=O)N1CCOC(c2nccnc2NC)C1. The van der Waals surface area contributed by atoms with E-state index in [2.05, 4.69) is 15.3 Å². The van der Waals surface area contributed by atoms with Gasteiger partial charge < -0.3 is 10.1 Å². The Morgan fingerprint density at radius 1 is 1.36 bits per heavy atom. The quantitative estimate of drug-likeness (QED) is 0.817. The Hall–Kier alpha value is -1.29. The third kappa shape index (κ3) is 3.37. The molecular formula is C13H23N5O3S. The lowest BCUT2D eigenvalue weighted by molar-refractivity contribution is -0.00633. The molecule has 0 saturated carbocycles. The van der Waals surface area contributed by atoms with E-state index in [-0.39, 0.29) is 6.54 Å². The topological polar surface area (TPSA) is 87.7 Å². The van der Waals surface area contributed by atoms with E-state index in [0.29, 0.717) is 37.8 Å². The predicted molar refractivity (Wildman–Crippen MR) is 83.7 cm³/mol. The third-order valence-electron chi connectivity index (χ3n) is 3.66. The number of nitrogens with one attached hydrogen (secondary N) is 1. The summed E-state index contributed by atoms with van der Waals surface area (Å²) in [7, 11) is -1.72. The first-order valence-corrected chi connectivity index (χ1v) is 8.79. The molecular weight excluding hydrogens is 306 g/mol. The summed E-state index contributed by atoms with van der Waals surface area (Å²) in [4.78, 5) is 8.48. The van der Waals surface area contributed by atoms with Crippen LogP contribution in [0, 0.1) is 0 Å². The molecule has 0 amide bonds. The normalized spacial score (nSPS) is 20.3. The summed E-state index contributed by atoms with van der Waals surface area (Å²) < 4.78 is 33.9. The summed E-state index contributed by atoms with van der Waals surface area (Å²) in [5.41, 5.74) is 0.629. The monoisotopic (exact) mass is 329 g/mol. The second-order valence-corrected chi connectivity index (χ2v) is 6.78. The molecule has 2 heterocycles. The Morgan fingerprint density at radius 3 is 2.68 bits per heavy atom. The van der Waals surface area contributed by atoms with Gasteiger partial charge in [-0.1, -0.05) is 13.8 Å². The molecule has 2 rings (SSSR count). The maximum atomic E-state index is 12.6. The second-order valence-electron chi connectivity index (χ2n) is 4.85. The molecule has 0 radical (unpaired) electrons. The van der Waals surface area contributed by atoms with Crippen molar-refractivity contribution in [1.82, 2.24) is 18.6 Å². The number of hydrogen-bond acceptors (Lipinski definition) is 6. The van der Waals surface area contributed by atoms with Gasteiger partial charge >= 0.3 is 0 Å². The molecule has 8 nitrogen and oxygen atoms in total. The molecule has 0 spiro atoms. The maximum Gasteiger partial charge on any atom is 0.282 e. The average molecular weight is 329 g/mol. The van der Waals surface area contributed by atoms with Crippen molar-refractivity contribution < 1.29 is 13.2 Å². The minimum Gasteiger partial charge on any atom is -0.372 e. The molecule has 0 aliphatic carbocycles. The van der Waals surface area contributed by atoms with Crippen molar-refractivity contribution in [2.45, 2.75) is 20.0 Å². The molecule has 124 valence electrons. The molecule has 1 aliphatic rings. The molecule has 22 heavy (non-hydrogen) atoms. The fourth-order valence-corrected chi connectivity index (χ4v) is 4.10. The van der Waals surface area contributed by atoms with E-state index in [1.54, 1.807) is 19.4 Å². The fraction of sp³-hybridized carbons (Fsp3) is 0.692. The van der Waals surface area contributed by atoms with Crippen molar-refractivity contribution in [3.8, 4) is 0 Å². The van der Waals surface area contributed by atoms with Crippen molar-refractivity contribution in [3.05, 3.63) is 18.1 Å². The second kappa shape index (κ2) is 7.32. The summed E-state index contributed by atoms with van der Waals surface area (Å²) in [6.07, 6.45) is 2.75. The zero-order valence-electron chi connectivity index (χ0n) is 13.2. The first-order valence-electron chi connectivity index (χ1n) is 7.40. The van der Waals surface area contributed by atoms with Crippen LogP contribution < -0.4 is 5.32 Å². The molecule has 1 unspecified atom stereocenters. The fourth-order valence-electron chi connectivity index (χ4n) is 2.49. The molecule has 0 aromatic carbocycles. The van der Waals surface area contributed by atoms with Gasteiger partial charge in [-0.05, 0) is 0 Å². The van der Waals surface area contributed by atoms with Crippen LogP contribution in [-0.2, 0) is 14.9 Å². The van der Waals surface area contributed by atoms with Crippen LogP contribution >= 0.6 is 0 Å². The highest BCUT2D eigenvalue weighted by molar-refractivity contribution is 7.86. The molecule has 1 N–H and O–H groups in total. The smallest absolute Gasteiger partial charge is 0.282 e. The maximum absolute atomic E-state index is 12.6. The third-order valence-corrected chi connectivity index (χ3v) is 5.81. The number of aromatic nitrogens is 2. The van der Waals surface area contributed by atoms with Crippen LogP contribution in [0.4, 0.5) is 5.82 Å². The largest absolute Gasteiger partial charge is 0.372 e. The summed E-state index contributed by atoms with van der Waals surface area (Å²) in [5.74, 6) is 0.606. The summed E-state index contributed by atoms with van der Waals surface area (Å²) >= 11 is 0. The Balaban J connectivity index is 2.22. The van der Waals surface area contributed by atoms with Crippen molar-refractivity contribution >= 4 is 16.0 Å². The zero-order chi connectivity index (χ0) is 16.2. The van der Waals surface area contributed by atoms with Gasteiger partial charge in [-0.25, -0.2) is 4.98 Å². The van der Waals surface area contributed by atoms with E-state index in [9.17, 15) is 8.42 Å². The lowest BCUT2D eigenvalue weighted by Crippen LogP contribution is -2.49. The van der Waals surface area contributed by atoms with Crippen molar-refractivity contribution in [1.29, 1.82) is 0 Å². The van der Waals surface area contributed by atoms with E-state index in [1.807, 2.05) is 13.8 Å². The van der Waals surface area contributed by atoms with Crippen molar-refractivity contribution in [2.24, 2.45) is 0 Å². The van der Waals surface area contributed by atoms with E-state index in [0.717, 1.165) is 0 Å². The highest BCUT2D eigenvalue weighted by Crippen LogP contribution is 2.26. The van der Waals surface area contributed by atoms with Gasteiger partial charge in [0, 0.05) is 45.6 Å². The van der Waals surface area contributed by atoms with Gasteiger partial charge in [0.25, 0.3) is 10.2 Å². The molecule has 1 saturated heterocycles. The van der Waals surface area contributed by atoms with Crippen LogP contribution in [0.15, 0.2) is 12.4 Å². The Kier molecular flexibility index (Phi) is 5.68. The highest BCUT2D eigenvalue weighted by atomic mass is 32.2. The predicted octanol–water partition coefficient (Wildman–Crippen LogP) is 0.478. The van der Waals surface area contributed by atoms with Crippen LogP contribution in [0.5, 0.6) is 0 Å². The number of rotatable bonds is 6. The molecule has 0 bridgehead atoms. The molecule has 1 atom stereocenters. The summed E-state index contributed by atoms with van der Waals surface area (Å²) in [6.45, 7) is 5.50. The van der Waals surface area contributed by atoms with Gasteiger partial charge in [0.1, 0.15) is 17.6 Å². The van der Waals surface area contributed by atoms with Crippen molar-refractivity contribution in [3.63, 3.8) is 0 Å². The average Bonchev–Trinajstić information content (AvgIpc) is 2.55. The van der Waals surface area contributed by atoms with Gasteiger partial charge in [-0.3, -0.25) is 4.98 Å². The van der Waals surface area contributed by atoms with Gasteiger partial charge in [-0.15, -0.1) is 0 Å². The number of morpholine rings is 1. The van der Waals surface area contributed by atoms with Crippen LogP contribution in [0.2, 0.25) is 0 Å². The lowest BCUT2D eigenvalue weighted by Gasteiger charge is -2.35. The first kappa shape index (κ1) is 17.1. The zero-order valence-corrected chi connectivity index (χ0v) is 14.0. The van der Waals surface area contributed by atoms with Gasteiger partial charge in [-0.2, -0.15) is 17.0 Å². The van der Waals surface area contributed by atoms with Gasteiger partial charge in [0.15, 0.2) is 0 Å². The molecule has 9 heteroatoms. The van der Waals surface area contributed by atoms with Crippen LogP contribution in [0.1, 0.15) is 25.6 Å². The number of hydrogen-bond donors (Lipinski definition) is 1. The van der Waals surface area contributed by atoms with Crippen LogP contribution in [0.25, 0.3) is 0 Å². The molecule has 1 aromatic heterocycles.